The lowest BCUT2D eigenvalue weighted by atomic mass is 9.98. The average Bonchev–Trinajstić information content (AvgIpc) is 2.29. The van der Waals surface area contributed by atoms with Gasteiger partial charge in [-0.3, -0.25) is 0 Å². The number of hydrogen-bond acceptors (Lipinski definition) is 2. The van der Waals surface area contributed by atoms with Crippen molar-refractivity contribution in [2.45, 2.75) is 19.8 Å². The molecule has 0 unspecified atom stereocenters. The minimum atomic E-state index is 0.802. The molecule has 2 N–H and O–H groups in total. The van der Waals surface area contributed by atoms with Crippen LogP contribution in [0.3, 0.4) is 0 Å². The molecule has 1 saturated heterocycles. The molecular weight excluding hydrogens is 220 g/mol. The first-order chi connectivity index (χ1) is 7.75. The molecule has 3 heteroatoms. The lowest BCUT2D eigenvalue weighted by Gasteiger charge is -2.23. The summed E-state index contributed by atoms with van der Waals surface area (Å²) in [6.07, 6.45) is 2.55. The van der Waals surface area contributed by atoms with Crippen LogP contribution >= 0.6 is 11.6 Å². The van der Waals surface area contributed by atoms with E-state index in [2.05, 4.69) is 23.6 Å². The maximum atomic E-state index is 5.93. The number of nitrogens with one attached hydrogen (secondary N) is 2. The Morgan fingerprint density at radius 2 is 2.12 bits per heavy atom. The SMILES string of the molecule is Cc1cc(Cl)ccc1NCC1CCNCC1. The van der Waals surface area contributed by atoms with Crippen molar-refractivity contribution in [3.05, 3.63) is 28.8 Å². The van der Waals surface area contributed by atoms with Gasteiger partial charge in [0.25, 0.3) is 0 Å². The van der Waals surface area contributed by atoms with Gasteiger partial charge in [-0.1, -0.05) is 11.6 Å². The maximum Gasteiger partial charge on any atom is 0.0410 e. The van der Waals surface area contributed by atoms with Gasteiger partial charge in [0, 0.05) is 17.3 Å². The molecule has 1 heterocycles. The molecular formula is C13H19ClN2. The lowest BCUT2D eigenvalue weighted by molar-refractivity contribution is 0.390. The van der Waals surface area contributed by atoms with Gasteiger partial charge in [0.15, 0.2) is 0 Å². The highest BCUT2D eigenvalue weighted by atomic mass is 35.5. The maximum absolute atomic E-state index is 5.93. The second-order valence-electron chi connectivity index (χ2n) is 4.53. The molecule has 0 bridgehead atoms. The number of anilines is 1. The Balaban J connectivity index is 1.88. The van der Waals surface area contributed by atoms with E-state index in [1.807, 2.05) is 12.1 Å². The first-order valence-corrected chi connectivity index (χ1v) is 6.34. The first kappa shape index (κ1) is 11.7. The van der Waals surface area contributed by atoms with Crippen molar-refractivity contribution < 1.29 is 0 Å². The monoisotopic (exact) mass is 238 g/mol. The molecule has 0 radical (unpaired) electrons. The van der Waals surface area contributed by atoms with E-state index in [0.717, 1.165) is 30.6 Å². The minimum absolute atomic E-state index is 0.802. The Labute approximate surface area is 102 Å². The number of rotatable bonds is 3. The smallest absolute Gasteiger partial charge is 0.0410 e. The standard InChI is InChI=1S/C13H19ClN2/c1-10-8-12(14)2-3-13(10)16-9-11-4-6-15-7-5-11/h2-3,8,11,15-16H,4-7,9H2,1H3. The van der Waals surface area contributed by atoms with Gasteiger partial charge in [-0.25, -0.2) is 0 Å². The minimum Gasteiger partial charge on any atom is -0.385 e. The fourth-order valence-corrected chi connectivity index (χ4v) is 2.39. The highest BCUT2D eigenvalue weighted by molar-refractivity contribution is 6.30. The average molecular weight is 239 g/mol. The summed E-state index contributed by atoms with van der Waals surface area (Å²) in [6.45, 7) is 5.48. The van der Waals surface area contributed by atoms with E-state index in [9.17, 15) is 0 Å². The van der Waals surface area contributed by atoms with Gasteiger partial charge in [0.1, 0.15) is 0 Å². The predicted octanol–water partition coefficient (Wildman–Crippen LogP) is 3.06. The van der Waals surface area contributed by atoms with E-state index in [4.69, 9.17) is 11.6 Å². The van der Waals surface area contributed by atoms with E-state index in [-0.39, 0.29) is 0 Å². The molecule has 0 aromatic heterocycles. The third-order valence-corrected chi connectivity index (χ3v) is 3.46. The van der Waals surface area contributed by atoms with Crippen LogP contribution in [0.5, 0.6) is 0 Å². The van der Waals surface area contributed by atoms with Crippen LogP contribution in [0.1, 0.15) is 18.4 Å². The van der Waals surface area contributed by atoms with Crippen LogP contribution in [0.15, 0.2) is 18.2 Å². The topological polar surface area (TPSA) is 24.1 Å². The van der Waals surface area contributed by atoms with Crippen molar-refractivity contribution in [3.8, 4) is 0 Å². The van der Waals surface area contributed by atoms with Gasteiger partial charge in [-0.15, -0.1) is 0 Å². The van der Waals surface area contributed by atoms with Gasteiger partial charge in [0.2, 0.25) is 0 Å². The molecule has 1 aromatic rings. The molecule has 0 saturated carbocycles. The van der Waals surface area contributed by atoms with Crippen LogP contribution in [-0.4, -0.2) is 19.6 Å². The Bertz CT molecular complexity index is 346. The molecule has 0 aliphatic carbocycles. The first-order valence-electron chi connectivity index (χ1n) is 5.96. The van der Waals surface area contributed by atoms with E-state index in [0.29, 0.717) is 0 Å². The summed E-state index contributed by atoms with van der Waals surface area (Å²) in [5.41, 5.74) is 2.43. The van der Waals surface area contributed by atoms with Crippen molar-refractivity contribution in [2.75, 3.05) is 25.0 Å². The third kappa shape index (κ3) is 3.13. The highest BCUT2D eigenvalue weighted by Gasteiger charge is 2.12. The normalized spacial score (nSPS) is 17.4. The molecule has 1 aliphatic heterocycles. The van der Waals surface area contributed by atoms with E-state index >= 15 is 0 Å². The summed E-state index contributed by atoms with van der Waals surface area (Å²) < 4.78 is 0. The fourth-order valence-electron chi connectivity index (χ4n) is 2.17. The molecule has 88 valence electrons. The quantitative estimate of drug-likeness (QED) is 0.846. The zero-order valence-corrected chi connectivity index (χ0v) is 10.5. The fraction of sp³-hybridized carbons (Fsp3) is 0.538. The third-order valence-electron chi connectivity index (χ3n) is 3.23. The molecule has 1 aromatic carbocycles. The zero-order chi connectivity index (χ0) is 11.4. The van der Waals surface area contributed by atoms with Crippen molar-refractivity contribution in [1.29, 1.82) is 0 Å². The van der Waals surface area contributed by atoms with Crippen LogP contribution in [0.25, 0.3) is 0 Å². The van der Waals surface area contributed by atoms with Crippen LogP contribution in [0.2, 0.25) is 5.02 Å². The van der Waals surface area contributed by atoms with Crippen molar-refractivity contribution in [2.24, 2.45) is 5.92 Å². The number of piperidine rings is 1. The Kier molecular flexibility index (Phi) is 4.08. The zero-order valence-electron chi connectivity index (χ0n) is 9.72. The number of benzene rings is 1. The van der Waals surface area contributed by atoms with E-state index in [1.54, 1.807) is 0 Å². The van der Waals surface area contributed by atoms with E-state index < -0.39 is 0 Å². The van der Waals surface area contributed by atoms with Gasteiger partial charge in [0.05, 0.1) is 0 Å². The van der Waals surface area contributed by atoms with Gasteiger partial charge >= 0.3 is 0 Å². The molecule has 0 spiro atoms. The van der Waals surface area contributed by atoms with E-state index in [1.165, 1.54) is 24.1 Å². The molecule has 2 rings (SSSR count). The van der Waals surface area contributed by atoms with Crippen molar-refractivity contribution in [3.63, 3.8) is 0 Å². The van der Waals surface area contributed by atoms with Crippen LogP contribution in [0.4, 0.5) is 5.69 Å². The molecule has 0 amide bonds. The second kappa shape index (κ2) is 5.55. The molecule has 1 aliphatic rings. The van der Waals surface area contributed by atoms with Crippen LogP contribution < -0.4 is 10.6 Å². The molecule has 2 nitrogen and oxygen atoms in total. The van der Waals surface area contributed by atoms with Gasteiger partial charge in [-0.05, 0) is 62.5 Å². The second-order valence-corrected chi connectivity index (χ2v) is 4.97. The number of halogens is 1. The number of hydrogen-bond donors (Lipinski definition) is 2. The number of aryl methyl sites for hydroxylation is 1. The van der Waals surface area contributed by atoms with Crippen molar-refractivity contribution in [1.82, 2.24) is 5.32 Å². The molecule has 16 heavy (non-hydrogen) atoms. The Hall–Kier alpha value is -0.730. The van der Waals surface area contributed by atoms with Crippen molar-refractivity contribution >= 4 is 17.3 Å². The summed E-state index contributed by atoms with van der Waals surface area (Å²) in [5.74, 6) is 0.802. The highest BCUT2D eigenvalue weighted by Crippen LogP contribution is 2.21. The summed E-state index contributed by atoms with van der Waals surface area (Å²) in [6, 6.07) is 6.02. The molecule has 1 fully saturated rings. The Morgan fingerprint density at radius 1 is 1.38 bits per heavy atom. The summed E-state index contributed by atoms with van der Waals surface area (Å²) in [7, 11) is 0. The Morgan fingerprint density at radius 3 is 2.81 bits per heavy atom. The summed E-state index contributed by atoms with van der Waals surface area (Å²) in [4.78, 5) is 0. The van der Waals surface area contributed by atoms with Gasteiger partial charge in [-0.2, -0.15) is 0 Å². The van der Waals surface area contributed by atoms with Crippen LogP contribution in [0, 0.1) is 12.8 Å². The predicted molar refractivity (Wildman–Crippen MR) is 70.3 cm³/mol. The van der Waals surface area contributed by atoms with Crippen LogP contribution in [-0.2, 0) is 0 Å². The molecule has 0 atom stereocenters. The summed E-state index contributed by atoms with van der Waals surface area (Å²) >= 11 is 5.93. The van der Waals surface area contributed by atoms with Gasteiger partial charge < -0.3 is 10.6 Å². The summed E-state index contributed by atoms with van der Waals surface area (Å²) in [5, 5.41) is 7.72. The largest absolute Gasteiger partial charge is 0.385 e. The lowest BCUT2D eigenvalue weighted by Crippen LogP contribution is -2.31.